The average Bonchev–Trinajstić information content (AvgIpc) is 1.97. The molecule has 4 bridgehead atoms. The van der Waals surface area contributed by atoms with E-state index in [9.17, 15) is 5.11 Å². The molecule has 1 nitrogen and oxygen atoms in total. The smallest absolute Gasteiger partial charge is 0.0647 e. The van der Waals surface area contributed by atoms with E-state index in [0.717, 1.165) is 11.8 Å². The van der Waals surface area contributed by atoms with Gasteiger partial charge in [-0.1, -0.05) is 13.8 Å². The van der Waals surface area contributed by atoms with Crippen molar-refractivity contribution in [3.8, 4) is 0 Å². The number of aliphatic hydroxyl groups is 1. The summed E-state index contributed by atoms with van der Waals surface area (Å²) in [5, 5.41) is 10.3. The normalized spacial score (nSPS) is 64.4. The van der Waals surface area contributed by atoms with Crippen LogP contribution in [0.1, 0.15) is 46.0 Å². The Morgan fingerprint density at radius 2 is 1.31 bits per heavy atom. The van der Waals surface area contributed by atoms with Crippen molar-refractivity contribution in [2.24, 2.45) is 22.7 Å². The number of hydrogen-bond donors (Lipinski definition) is 1. The Morgan fingerprint density at radius 3 is 1.69 bits per heavy atom. The fourth-order valence-electron chi connectivity index (χ4n) is 5.04. The molecule has 13 heavy (non-hydrogen) atoms. The van der Waals surface area contributed by atoms with E-state index in [4.69, 9.17) is 0 Å². The van der Waals surface area contributed by atoms with Gasteiger partial charge in [-0.25, -0.2) is 0 Å². The Balaban J connectivity index is 2.03. The van der Waals surface area contributed by atoms with Crippen LogP contribution in [0.25, 0.3) is 0 Å². The summed E-state index contributed by atoms with van der Waals surface area (Å²) >= 11 is 0. The van der Waals surface area contributed by atoms with Gasteiger partial charge in [-0.15, -0.1) is 0 Å². The number of aliphatic hydroxyl groups excluding tert-OH is 1. The van der Waals surface area contributed by atoms with Crippen LogP contribution in [0.2, 0.25) is 0 Å². The first-order valence-corrected chi connectivity index (χ1v) is 5.70. The van der Waals surface area contributed by atoms with Gasteiger partial charge in [0, 0.05) is 0 Å². The van der Waals surface area contributed by atoms with Crippen molar-refractivity contribution in [2.45, 2.75) is 52.1 Å². The highest BCUT2D eigenvalue weighted by atomic mass is 16.3. The predicted molar refractivity (Wildman–Crippen MR) is 52.3 cm³/mol. The van der Waals surface area contributed by atoms with Crippen molar-refractivity contribution in [3.05, 3.63) is 0 Å². The van der Waals surface area contributed by atoms with E-state index in [0.29, 0.717) is 0 Å². The molecule has 1 heteroatoms. The molecule has 0 aromatic carbocycles. The SMILES string of the molecule is CC12CC3CC(C1)CC(C)(C3)C2O. The first-order chi connectivity index (χ1) is 6.02. The van der Waals surface area contributed by atoms with Gasteiger partial charge in [0.1, 0.15) is 0 Å². The lowest BCUT2D eigenvalue weighted by atomic mass is 9.44. The van der Waals surface area contributed by atoms with Crippen LogP contribution in [-0.2, 0) is 0 Å². The molecule has 74 valence electrons. The van der Waals surface area contributed by atoms with Crippen molar-refractivity contribution in [2.75, 3.05) is 0 Å². The molecule has 4 fully saturated rings. The summed E-state index contributed by atoms with van der Waals surface area (Å²) in [5.74, 6) is 1.87. The van der Waals surface area contributed by atoms with Crippen molar-refractivity contribution in [3.63, 3.8) is 0 Å². The van der Waals surface area contributed by atoms with Gasteiger partial charge in [-0.05, 0) is 54.8 Å². The van der Waals surface area contributed by atoms with Crippen molar-refractivity contribution < 1.29 is 5.11 Å². The summed E-state index contributed by atoms with van der Waals surface area (Å²) in [5.41, 5.74) is 0.553. The zero-order valence-electron chi connectivity index (χ0n) is 8.71. The minimum atomic E-state index is -0.0206. The molecule has 0 aromatic heterocycles. The monoisotopic (exact) mass is 180 g/mol. The largest absolute Gasteiger partial charge is 0.392 e. The molecular formula is C12H20O. The van der Waals surface area contributed by atoms with Crippen LogP contribution in [0.3, 0.4) is 0 Å². The lowest BCUT2D eigenvalue weighted by Crippen LogP contribution is -2.59. The first kappa shape index (κ1) is 8.28. The fraction of sp³-hybridized carbons (Fsp3) is 1.00. The van der Waals surface area contributed by atoms with Gasteiger partial charge >= 0.3 is 0 Å². The van der Waals surface area contributed by atoms with Crippen LogP contribution in [0.4, 0.5) is 0 Å². The summed E-state index contributed by atoms with van der Waals surface area (Å²) in [6.45, 7) is 4.63. The third kappa shape index (κ3) is 0.918. The van der Waals surface area contributed by atoms with Crippen LogP contribution < -0.4 is 0 Å². The third-order valence-corrected chi connectivity index (χ3v) is 5.01. The van der Waals surface area contributed by atoms with Gasteiger partial charge in [-0.2, -0.15) is 0 Å². The maximum atomic E-state index is 10.3. The molecule has 4 rings (SSSR count). The van der Waals surface area contributed by atoms with E-state index in [-0.39, 0.29) is 16.9 Å². The summed E-state index contributed by atoms with van der Waals surface area (Å²) in [6.07, 6.45) is 6.60. The Hall–Kier alpha value is -0.0400. The van der Waals surface area contributed by atoms with E-state index in [1.54, 1.807) is 0 Å². The molecule has 0 aromatic rings. The molecule has 1 N–H and O–H groups in total. The number of hydrogen-bond acceptors (Lipinski definition) is 1. The third-order valence-electron chi connectivity index (χ3n) is 5.01. The second-order valence-electron chi connectivity index (χ2n) is 6.49. The molecule has 0 aliphatic heterocycles. The van der Waals surface area contributed by atoms with E-state index in [2.05, 4.69) is 13.8 Å². The van der Waals surface area contributed by atoms with Crippen LogP contribution in [0.15, 0.2) is 0 Å². The topological polar surface area (TPSA) is 20.2 Å². The van der Waals surface area contributed by atoms with Gasteiger partial charge in [0.05, 0.1) is 6.10 Å². The maximum Gasteiger partial charge on any atom is 0.0647 e. The van der Waals surface area contributed by atoms with Crippen LogP contribution >= 0.6 is 0 Å². The summed E-state index contributed by atoms with van der Waals surface area (Å²) in [4.78, 5) is 0. The molecular weight excluding hydrogens is 160 g/mol. The van der Waals surface area contributed by atoms with Crippen LogP contribution in [0, 0.1) is 22.7 Å². The van der Waals surface area contributed by atoms with Gasteiger partial charge < -0.3 is 5.11 Å². The van der Waals surface area contributed by atoms with Gasteiger partial charge in [0.15, 0.2) is 0 Å². The Labute approximate surface area is 80.5 Å². The van der Waals surface area contributed by atoms with Crippen molar-refractivity contribution >= 4 is 0 Å². The minimum Gasteiger partial charge on any atom is -0.392 e. The molecule has 4 aliphatic rings. The molecule has 4 saturated carbocycles. The fourth-order valence-corrected chi connectivity index (χ4v) is 5.04. The van der Waals surface area contributed by atoms with Gasteiger partial charge in [-0.3, -0.25) is 0 Å². The molecule has 0 amide bonds. The standard InChI is InChI=1S/C12H20O/c1-11-4-8-3-9(5-11)7-12(2,6-8)10(11)13/h8-10,13H,3-7H2,1-2H3. The second kappa shape index (κ2) is 2.13. The molecule has 0 radical (unpaired) electrons. The van der Waals surface area contributed by atoms with Crippen LogP contribution in [0.5, 0.6) is 0 Å². The predicted octanol–water partition coefficient (Wildman–Crippen LogP) is 2.58. The first-order valence-electron chi connectivity index (χ1n) is 5.70. The highest BCUT2D eigenvalue weighted by molar-refractivity contribution is 5.09. The van der Waals surface area contributed by atoms with E-state index in [1.807, 2.05) is 0 Å². The van der Waals surface area contributed by atoms with Crippen molar-refractivity contribution in [1.29, 1.82) is 0 Å². The summed E-state index contributed by atoms with van der Waals surface area (Å²) < 4.78 is 0. The zero-order valence-corrected chi connectivity index (χ0v) is 8.71. The van der Waals surface area contributed by atoms with Gasteiger partial charge in [0.2, 0.25) is 0 Å². The van der Waals surface area contributed by atoms with Crippen molar-refractivity contribution in [1.82, 2.24) is 0 Å². The minimum absolute atomic E-state index is 0.0206. The molecule has 0 unspecified atom stereocenters. The van der Waals surface area contributed by atoms with E-state index < -0.39 is 0 Å². The Bertz CT molecular complexity index is 210. The zero-order chi connectivity index (χ0) is 9.27. The maximum absolute atomic E-state index is 10.3. The number of rotatable bonds is 0. The van der Waals surface area contributed by atoms with Crippen LogP contribution in [-0.4, -0.2) is 11.2 Å². The highest BCUT2D eigenvalue weighted by Gasteiger charge is 2.59. The van der Waals surface area contributed by atoms with Gasteiger partial charge in [0.25, 0.3) is 0 Å². The summed E-state index contributed by atoms with van der Waals surface area (Å²) in [6, 6.07) is 0. The average molecular weight is 180 g/mol. The quantitative estimate of drug-likeness (QED) is 0.607. The second-order valence-corrected chi connectivity index (χ2v) is 6.49. The van der Waals surface area contributed by atoms with E-state index in [1.165, 1.54) is 32.1 Å². The Kier molecular flexibility index (Phi) is 1.36. The lowest BCUT2D eigenvalue weighted by Gasteiger charge is -2.63. The molecule has 0 heterocycles. The molecule has 0 spiro atoms. The highest BCUT2D eigenvalue weighted by Crippen LogP contribution is 2.64. The Morgan fingerprint density at radius 1 is 0.923 bits per heavy atom. The lowest BCUT2D eigenvalue weighted by molar-refractivity contribution is -0.191. The molecule has 0 saturated heterocycles. The molecule has 4 aliphatic carbocycles. The molecule has 0 atom stereocenters. The summed E-state index contributed by atoms with van der Waals surface area (Å²) in [7, 11) is 0. The van der Waals surface area contributed by atoms with E-state index >= 15 is 0 Å².